The van der Waals surface area contributed by atoms with Crippen LogP contribution in [0.1, 0.15) is 19.8 Å². The van der Waals surface area contributed by atoms with Gasteiger partial charge < -0.3 is 15.0 Å². The Morgan fingerprint density at radius 2 is 2.11 bits per heavy atom. The molecule has 3 rings (SSSR count). The molecular weight excluding hydrogens is 359 g/mol. The molecule has 2 atom stereocenters. The largest absolute Gasteiger partial charge is 0.456 e. The average molecular weight is 376 g/mol. The zero-order valence-corrected chi connectivity index (χ0v) is 13.0. The molecule has 19 heavy (non-hydrogen) atoms. The molecule has 1 N–H and O–H groups in total. The second-order valence-electron chi connectivity index (χ2n) is 5.47. The van der Waals surface area contributed by atoms with Crippen molar-refractivity contribution in [2.75, 3.05) is 19.7 Å². The minimum Gasteiger partial charge on any atom is -0.456 e. The minimum atomic E-state index is -0.341. The van der Waals surface area contributed by atoms with Crippen LogP contribution >= 0.6 is 22.6 Å². The molecule has 104 valence electrons. The topological polar surface area (TPSA) is 58.6 Å². The lowest BCUT2D eigenvalue weighted by Gasteiger charge is -2.34. The van der Waals surface area contributed by atoms with Crippen LogP contribution in [0.25, 0.3) is 0 Å². The van der Waals surface area contributed by atoms with Crippen LogP contribution in [0.2, 0.25) is 0 Å². The van der Waals surface area contributed by atoms with Crippen LogP contribution in [0, 0.1) is 5.41 Å². The standard InChI is InChI=1S/C13H17IN2O3/c1-8-11(14)13(2-4-15-5-3-13)12(18)16(8)9-6-10(17)19-7-9/h6,8,11,15H,2-5,7H2,1H3. The van der Waals surface area contributed by atoms with Crippen LogP contribution < -0.4 is 5.32 Å². The van der Waals surface area contributed by atoms with Crippen LogP contribution in [-0.2, 0) is 14.3 Å². The molecule has 1 spiro atoms. The number of nitrogens with zero attached hydrogens (tertiary/aromatic N) is 1. The highest BCUT2D eigenvalue weighted by molar-refractivity contribution is 14.1. The number of ether oxygens (including phenoxy) is 1. The number of esters is 1. The number of cyclic esters (lactones) is 1. The van der Waals surface area contributed by atoms with Crippen molar-refractivity contribution in [3.05, 3.63) is 11.8 Å². The molecule has 0 aromatic carbocycles. The maximum Gasteiger partial charge on any atom is 0.333 e. The van der Waals surface area contributed by atoms with E-state index >= 15 is 0 Å². The van der Waals surface area contributed by atoms with Crippen molar-refractivity contribution < 1.29 is 14.3 Å². The molecule has 3 aliphatic rings. The molecule has 0 bridgehead atoms. The molecule has 0 aromatic rings. The molecule has 1 amide bonds. The Balaban J connectivity index is 1.93. The summed E-state index contributed by atoms with van der Waals surface area (Å²) >= 11 is 2.41. The number of piperidine rings is 1. The Labute approximate surface area is 125 Å². The summed E-state index contributed by atoms with van der Waals surface area (Å²) in [6.45, 7) is 4.07. The fourth-order valence-electron chi connectivity index (χ4n) is 3.39. The van der Waals surface area contributed by atoms with E-state index in [0.29, 0.717) is 0 Å². The molecule has 0 aromatic heterocycles. The molecule has 3 aliphatic heterocycles. The summed E-state index contributed by atoms with van der Waals surface area (Å²) in [6.07, 6.45) is 3.21. The predicted octanol–water partition coefficient (Wildman–Crippen LogP) is 0.831. The SMILES string of the molecule is CC1C(I)C2(CCNCC2)C(=O)N1C1=CC(=O)OC1. The highest BCUT2D eigenvalue weighted by Crippen LogP contribution is 2.48. The first-order chi connectivity index (χ1) is 9.06. The third kappa shape index (κ3) is 1.91. The number of alkyl halides is 1. The van der Waals surface area contributed by atoms with Gasteiger partial charge in [-0.1, -0.05) is 22.6 Å². The summed E-state index contributed by atoms with van der Waals surface area (Å²) in [6, 6.07) is 0.118. The molecule has 5 nitrogen and oxygen atoms in total. The number of hydrogen-bond donors (Lipinski definition) is 1. The lowest BCUT2D eigenvalue weighted by atomic mass is 9.76. The van der Waals surface area contributed by atoms with E-state index in [9.17, 15) is 9.59 Å². The number of nitrogens with one attached hydrogen (secondary N) is 1. The van der Waals surface area contributed by atoms with E-state index in [2.05, 4.69) is 34.8 Å². The smallest absolute Gasteiger partial charge is 0.333 e. The fourth-order valence-corrected chi connectivity index (χ4v) is 4.60. The number of likely N-dealkylation sites (tertiary alicyclic amines) is 1. The third-order valence-electron chi connectivity index (χ3n) is 4.46. The molecule has 0 saturated carbocycles. The zero-order chi connectivity index (χ0) is 13.6. The average Bonchev–Trinajstić information content (AvgIpc) is 2.90. The van der Waals surface area contributed by atoms with E-state index in [1.54, 1.807) is 4.90 Å². The van der Waals surface area contributed by atoms with E-state index in [4.69, 9.17) is 4.74 Å². The molecule has 0 radical (unpaired) electrons. The molecule has 3 heterocycles. The molecule has 6 heteroatoms. The summed E-state index contributed by atoms with van der Waals surface area (Å²) < 4.78 is 5.22. The highest BCUT2D eigenvalue weighted by atomic mass is 127. The van der Waals surface area contributed by atoms with E-state index in [1.807, 2.05) is 0 Å². The van der Waals surface area contributed by atoms with E-state index < -0.39 is 0 Å². The first-order valence-electron chi connectivity index (χ1n) is 6.62. The summed E-state index contributed by atoms with van der Waals surface area (Å²) in [5.74, 6) is -0.170. The number of hydrogen-bond acceptors (Lipinski definition) is 4. The Bertz CT molecular complexity index is 457. The minimum absolute atomic E-state index is 0.118. The lowest BCUT2D eigenvalue weighted by molar-refractivity contribution is -0.138. The van der Waals surface area contributed by atoms with Gasteiger partial charge in [0.2, 0.25) is 5.91 Å². The summed E-state index contributed by atoms with van der Waals surface area (Å²) in [5.41, 5.74) is 0.456. The molecule has 2 fully saturated rings. The molecular formula is C13H17IN2O3. The number of carbonyl (C=O) groups is 2. The normalized spacial score (nSPS) is 33.8. The Hall–Kier alpha value is -0.630. The van der Waals surface area contributed by atoms with E-state index in [0.717, 1.165) is 31.6 Å². The van der Waals surface area contributed by atoms with Gasteiger partial charge in [0.1, 0.15) is 6.61 Å². The Morgan fingerprint density at radius 1 is 1.42 bits per heavy atom. The van der Waals surface area contributed by atoms with Crippen molar-refractivity contribution in [1.29, 1.82) is 0 Å². The Kier molecular flexibility index (Phi) is 3.33. The van der Waals surface area contributed by atoms with Crippen LogP contribution in [0.15, 0.2) is 11.8 Å². The van der Waals surface area contributed by atoms with Crippen molar-refractivity contribution in [1.82, 2.24) is 10.2 Å². The van der Waals surface area contributed by atoms with Crippen molar-refractivity contribution in [2.24, 2.45) is 5.41 Å². The Morgan fingerprint density at radius 3 is 2.68 bits per heavy atom. The second kappa shape index (κ2) is 4.73. The fraction of sp³-hybridized carbons (Fsp3) is 0.692. The first kappa shape index (κ1) is 13.4. The van der Waals surface area contributed by atoms with Gasteiger partial charge in [-0.2, -0.15) is 0 Å². The van der Waals surface area contributed by atoms with Crippen LogP contribution in [-0.4, -0.2) is 46.4 Å². The van der Waals surface area contributed by atoms with Crippen molar-refractivity contribution in [3.63, 3.8) is 0 Å². The monoisotopic (exact) mass is 376 g/mol. The van der Waals surface area contributed by atoms with Crippen molar-refractivity contribution in [2.45, 2.75) is 29.7 Å². The van der Waals surface area contributed by atoms with Gasteiger partial charge >= 0.3 is 5.97 Å². The first-order valence-corrected chi connectivity index (χ1v) is 7.86. The number of amides is 1. The van der Waals surface area contributed by atoms with Crippen LogP contribution in [0.3, 0.4) is 0 Å². The second-order valence-corrected chi connectivity index (χ2v) is 6.81. The van der Waals surface area contributed by atoms with Crippen LogP contribution in [0.4, 0.5) is 0 Å². The maximum absolute atomic E-state index is 12.9. The lowest BCUT2D eigenvalue weighted by Crippen LogP contribution is -2.45. The van der Waals surface area contributed by atoms with Crippen molar-refractivity contribution >= 4 is 34.5 Å². The summed E-state index contributed by atoms with van der Waals surface area (Å²) in [4.78, 5) is 25.9. The van der Waals surface area contributed by atoms with Gasteiger partial charge in [-0.05, 0) is 32.9 Å². The third-order valence-corrected chi connectivity index (χ3v) is 6.69. The van der Waals surface area contributed by atoms with E-state index in [-0.39, 0.29) is 33.9 Å². The maximum atomic E-state index is 12.9. The number of carbonyl (C=O) groups excluding carboxylic acids is 2. The van der Waals surface area contributed by atoms with Gasteiger partial charge in [0.05, 0.1) is 11.1 Å². The molecule has 2 saturated heterocycles. The number of halogens is 1. The number of rotatable bonds is 1. The van der Waals surface area contributed by atoms with Gasteiger partial charge in [-0.25, -0.2) is 4.79 Å². The van der Waals surface area contributed by atoms with Crippen molar-refractivity contribution in [3.8, 4) is 0 Å². The predicted molar refractivity (Wildman–Crippen MR) is 77.7 cm³/mol. The van der Waals surface area contributed by atoms with Gasteiger partial charge in [0, 0.05) is 16.0 Å². The van der Waals surface area contributed by atoms with Gasteiger partial charge in [-0.15, -0.1) is 0 Å². The molecule has 0 aliphatic carbocycles. The van der Waals surface area contributed by atoms with Crippen LogP contribution in [0.5, 0.6) is 0 Å². The highest BCUT2D eigenvalue weighted by Gasteiger charge is 2.57. The zero-order valence-electron chi connectivity index (χ0n) is 10.8. The summed E-state index contributed by atoms with van der Waals surface area (Å²) in [7, 11) is 0. The molecule has 2 unspecified atom stereocenters. The van der Waals surface area contributed by atoms with Gasteiger partial charge in [0.25, 0.3) is 0 Å². The van der Waals surface area contributed by atoms with Gasteiger partial charge in [0.15, 0.2) is 0 Å². The quantitative estimate of drug-likeness (QED) is 0.419. The summed E-state index contributed by atoms with van der Waals surface area (Å²) in [5, 5.41) is 3.32. The van der Waals surface area contributed by atoms with Gasteiger partial charge in [-0.3, -0.25) is 4.79 Å². The van der Waals surface area contributed by atoms with E-state index in [1.165, 1.54) is 6.08 Å².